The topological polar surface area (TPSA) is 25.9 Å². The van der Waals surface area contributed by atoms with Gasteiger partial charge in [-0.2, -0.15) is 0 Å². The second kappa shape index (κ2) is 6.42. The third kappa shape index (κ3) is 3.50. The van der Waals surface area contributed by atoms with E-state index in [1.807, 2.05) is 35.5 Å². The van der Waals surface area contributed by atoms with Crippen LogP contribution in [0.15, 0.2) is 30.6 Å². The van der Waals surface area contributed by atoms with Gasteiger partial charge in [-0.15, -0.1) is 0 Å². The Balaban J connectivity index is 0.00000180. The van der Waals surface area contributed by atoms with E-state index in [9.17, 15) is 4.79 Å². The lowest BCUT2D eigenvalue weighted by atomic mass is 10.1. The van der Waals surface area contributed by atoms with Crippen molar-refractivity contribution in [3.05, 3.63) is 52.0 Å². The minimum Gasteiger partial charge on any atom is -1.00 e. The molecule has 0 bridgehead atoms. The molecule has 0 aliphatic rings. The summed E-state index contributed by atoms with van der Waals surface area (Å²) in [7, 11) is 1.94. The second-order valence-corrected chi connectivity index (χ2v) is 4.98. The SMILES string of the molecule is Cc1n(CC(=O)c2ccc(Cl)cc2Cl)cc[n+]1C.[Cl-]. The number of nitrogens with zero attached hydrogens (tertiary/aromatic N) is 2. The Morgan fingerprint density at radius 3 is 2.58 bits per heavy atom. The molecule has 0 N–H and O–H groups in total. The molecule has 0 fully saturated rings. The molecule has 0 aliphatic heterocycles. The fourth-order valence-corrected chi connectivity index (χ4v) is 2.24. The molecule has 1 heterocycles. The molecule has 0 unspecified atom stereocenters. The number of benzene rings is 1. The van der Waals surface area contributed by atoms with E-state index in [1.165, 1.54) is 0 Å². The van der Waals surface area contributed by atoms with Gasteiger partial charge in [0.15, 0.2) is 6.54 Å². The van der Waals surface area contributed by atoms with Crippen LogP contribution in [0.5, 0.6) is 0 Å². The first-order valence-electron chi connectivity index (χ1n) is 5.48. The molecule has 6 heteroatoms. The van der Waals surface area contributed by atoms with Gasteiger partial charge in [0.1, 0.15) is 12.4 Å². The number of carbonyl (C=O) groups is 1. The Morgan fingerprint density at radius 2 is 2.05 bits per heavy atom. The van der Waals surface area contributed by atoms with Gasteiger partial charge < -0.3 is 12.4 Å². The van der Waals surface area contributed by atoms with Crippen LogP contribution in [0.3, 0.4) is 0 Å². The van der Waals surface area contributed by atoms with Crippen LogP contribution in [0.1, 0.15) is 16.2 Å². The highest BCUT2D eigenvalue weighted by Crippen LogP contribution is 2.21. The minimum atomic E-state index is -0.0315. The Bertz CT molecular complexity index is 608. The first-order valence-corrected chi connectivity index (χ1v) is 6.24. The number of Topliss-reactive ketones (excluding diaryl/α,β-unsaturated/α-hetero) is 1. The number of aromatic nitrogens is 2. The van der Waals surface area contributed by atoms with E-state index in [0.29, 0.717) is 15.6 Å². The van der Waals surface area contributed by atoms with E-state index in [-0.39, 0.29) is 24.7 Å². The Labute approximate surface area is 128 Å². The molecular weight excluding hydrogens is 307 g/mol. The summed E-state index contributed by atoms with van der Waals surface area (Å²) in [4.78, 5) is 12.2. The molecule has 1 aromatic carbocycles. The van der Waals surface area contributed by atoms with E-state index in [4.69, 9.17) is 23.2 Å². The first-order chi connectivity index (χ1) is 8.49. The van der Waals surface area contributed by atoms with Gasteiger partial charge in [0.2, 0.25) is 5.78 Å². The van der Waals surface area contributed by atoms with Crippen molar-refractivity contribution < 1.29 is 21.8 Å². The standard InChI is InChI=1S/C13H13Cl2N2O.ClH/c1-9-16(2)5-6-17(9)8-13(18)11-4-3-10(14)7-12(11)15;/h3-7H,8H2,1-2H3;1H/q+1;/p-1. The highest BCUT2D eigenvalue weighted by atomic mass is 35.5. The van der Waals surface area contributed by atoms with Gasteiger partial charge in [0.05, 0.1) is 12.1 Å². The summed E-state index contributed by atoms with van der Waals surface area (Å²) in [6.45, 7) is 2.23. The Hall–Kier alpha value is -1.03. The lowest BCUT2D eigenvalue weighted by molar-refractivity contribution is -0.677. The van der Waals surface area contributed by atoms with Gasteiger partial charge in [-0.1, -0.05) is 23.2 Å². The van der Waals surface area contributed by atoms with Crippen molar-refractivity contribution in [3.63, 3.8) is 0 Å². The molecule has 19 heavy (non-hydrogen) atoms. The summed E-state index contributed by atoms with van der Waals surface area (Å²) in [6, 6.07) is 4.91. The van der Waals surface area contributed by atoms with Gasteiger partial charge in [0.25, 0.3) is 5.82 Å². The number of imidazole rings is 1. The van der Waals surface area contributed by atoms with Gasteiger partial charge in [-0.05, 0) is 18.2 Å². The van der Waals surface area contributed by atoms with Crippen molar-refractivity contribution in [3.8, 4) is 0 Å². The number of ketones is 1. The van der Waals surface area contributed by atoms with Crippen LogP contribution in [0.4, 0.5) is 0 Å². The number of rotatable bonds is 3. The molecular formula is C13H13Cl3N2O. The van der Waals surface area contributed by atoms with Crippen molar-refractivity contribution in [2.75, 3.05) is 0 Å². The van der Waals surface area contributed by atoms with E-state index >= 15 is 0 Å². The highest BCUT2D eigenvalue weighted by Gasteiger charge is 2.17. The van der Waals surface area contributed by atoms with Gasteiger partial charge in [-0.25, -0.2) is 9.13 Å². The zero-order valence-corrected chi connectivity index (χ0v) is 12.8. The monoisotopic (exact) mass is 318 g/mol. The fourth-order valence-electron chi connectivity index (χ4n) is 1.72. The third-order valence-corrected chi connectivity index (χ3v) is 3.49. The van der Waals surface area contributed by atoms with E-state index in [1.54, 1.807) is 18.2 Å². The van der Waals surface area contributed by atoms with Crippen LogP contribution in [0.25, 0.3) is 0 Å². The molecule has 0 saturated heterocycles. The molecule has 0 spiro atoms. The van der Waals surface area contributed by atoms with Crippen molar-refractivity contribution in [1.29, 1.82) is 0 Å². The number of aryl methyl sites for hydroxylation is 1. The van der Waals surface area contributed by atoms with Crippen LogP contribution in [-0.4, -0.2) is 10.4 Å². The van der Waals surface area contributed by atoms with E-state index in [2.05, 4.69) is 0 Å². The number of halogens is 3. The molecule has 0 atom stereocenters. The first kappa shape index (κ1) is 16.0. The quantitative estimate of drug-likeness (QED) is 0.569. The number of carbonyl (C=O) groups excluding carboxylic acids is 1. The smallest absolute Gasteiger partial charge is 0.253 e. The summed E-state index contributed by atoms with van der Waals surface area (Å²) in [5, 5.41) is 0.918. The largest absolute Gasteiger partial charge is 1.00 e. The number of hydrogen-bond acceptors (Lipinski definition) is 1. The van der Waals surface area contributed by atoms with Gasteiger partial charge in [0, 0.05) is 17.5 Å². The third-order valence-electron chi connectivity index (χ3n) is 2.94. The van der Waals surface area contributed by atoms with Crippen molar-refractivity contribution in [2.24, 2.45) is 7.05 Å². The van der Waals surface area contributed by atoms with Crippen molar-refractivity contribution in [1.82, 2.24) is 4.57 Å². The summed E-state index contributed by atoms with van der Waals surface area (Å²) >= 11 is 11.8. The van der Waals surface area contributed by atoms with E-state index in [0.717, 1.165) is 5.82 Å². The zero-order chi connectivity index (χ0) is 13.3. The molecule has 0 amide bonds. The fraction of sp³-hybridized carbons (Fsp3) is 0.231. The van der Waals surface area contributed by atoms with Crippen LogP contribution >= 0.6 is 23.2 Å². The van der Waals surface area contributed by atoms with Crippen LogP contribution in [0, 0.1) is 6.92 Å². The summed E-state index contributed by atoms with van der Waals surface area (Å²) in [5.41, 5.74) is 0.497. The summed E-state index contributed by atoms with van der Waals surface area (Å²) < 4.78 is 3.84. The van der Waals surface area contributed by atoms with E-state index < -0.39 is 0 Å². The number of hydrogen-bond donors (Lipinski definition) is 0. The molecule has 102 valence electrons. The van der Waals surface area contributed by atoms with Crippen molar-refractivity contribution >= 4 is 29.0 Å². The average molecular weight is 320 g/mol. The van der Waals surface area contributed by atoms with Crippen LogP contribution < -0.4 is 17.0 Å². The lowest BCUT2D eigenvalue weighted by Crippen LogP contribution is -3.00. The summed E-state index contributed by atoms with van der Waals surface area (Å²) in [6.07, 6.45) is 3.78. The predicted molar refractivity (Wildman–Crippen MR) is 71.1 cm³/mol. The van der Waals surface area contributed by atoms with Crippen LogP contribution in [-0.2, 0) is 13.6 Å². The molecule has 0 aliphatic carbocycles. The normalized spacial score (nSPS) is 10.1. The second-order valence-electron chi connectivity index (χ2n) is 4.13. The predicted octanol–water partition coefficient (Wildman–Crippen LogP) is -0.185. The van der Waals surface area contributed by atoms with Gasteiger partial charge >= 0.3 is 0 Å². The maximum Gasteiger partial charge on any atom is 0.253 e. The maximum atomic E-state index is 12.2. The van der Waals surface area contributed by atoms with Crippen molar-refractivity contribution in [2.45, 2.75) is 13.5 Å². The van der Waals surface area contributed by atoms with Gasteiger partial charge in [-0.3, -0.25) is 4.79 Å². The maximum absolute atomic E-state index is 12.2. The zero-order valence-electron chi connectivity index (χ0n) is 10.5. The molecule has 0 radical (unpaired) electrons. The average Bonchev–Trinajstić information content (AvgIpc) is 2.61. The molecule has 2 aromatic rings. The minimum absolute atomic E-state index is 0. The molecule has 0 saturated carbocycles. The summed E-state index contributed by atoms with van der Waals surface area (Å²) in [5.74, 6) is 0.976. The Kier molecular flexibility index (Phi) is 5.41. The molecule has 3 nitrogen and oxygen atoms in total. The Morgan fingerprint density at radius 1 is 1.37 bits per heavy atom. The highest BCUT2D eigenvalue weighted by molar-refractivity contribution is 6.36. The van der Waals surface area contributed by atoms with Crippen LogP contribution in [0.2, 0.25) is 10.0 Å². The molecule has 1 aromatic heterocycles. The molecule has 2 rings (SSSR count). The lowest BCUT2D eigenvalue weighted by Gasteiger charge is -2.03.